The van der Waals surface area contributed by atoms with E-state index in [-0.39, 0.29) is 24.0 Å². The molecule has 162 valence electrons. The fraction of sp³-hybridized carbons (Fsp3) is 0.619. The summed E-state index contributed by atoms with van der Waals surface area (Å²) in [5.74, 6) is 1.12. The first kappa shape index (κ1) is 23.7. The van der Waals surface area contributed by atoms with Gasteiger partial charge in [0, 0.05) is 51.4 Å². The number of carbonyl (C=O) groups is 1. The number of nitrogens with zero attached hydrogens (tertiary/aromatic N) is 3. The third kappa shape index (κ3) is 7.65. The molecule has 0 radical (unpaired) electrons. The lowest BCUT2D eigenvalue weighted by Crippen LogP contribution is -2.39. The van der Waals surface area contributed by atoms with Gasteiger partial charge in [0.25, 0.3) is 0 Å². The van der Waals surface area contributed by atoms with E-state index in [0.717, 1.165) is 71.3 Å². The molecule has 0 saturated carbocycles. The normalized spacial score (nSPS) is 17.3. The molecule has 2 saturated heterocycles. The number of rotatable bonds is 8. The SMILES string of the molecule is CCNC(=NCc1ccc(N2CCOCC2)cc1)NCCCN1CCCC1=O.I. The van der Waals surface area contributed by atoms with Crippen LogP contribution in [0.3, 0.4) is 0 Å². The third-order valence-corrected chi connectivity index (χ3v) is 5.15. The number of morpholine rings is 1. The van der Waals surface area contributed by atoms with Gasteiger partial charge in [-0.1, -0.05) is 12.1 Å². The molecule has 0 bridgehead atoms. The highest BCUT2D eigenvalue weighted by Crippen LogP contribution is 2.17. The van der Waals surface area contributed by atoms with Gasteiger partial charge in [0.1, 0.15) is 0 Å². The number of likely N-dealkylation sites (tertiary alicyclic amines) is 1. The molecule has 1 aromatic rings. The summed E-state index contributed by atoms with van der Waals surface area (Å²) in [7, 11) is 0. The molecule has 3 rings (SSSR count). The van der Waals surface area contributed by atoms with Crippen LogP contribution < -0.4 is 15.5 Å². The zero-order valence-electron chi connectivity index (χ0n) is 17.4. The third-order valence-electron chi connectivity index (χ3n) is 5.15. The Hall–Kier alpha value is -1.55. The summed E-state index contributed by atoms with van der Waals surface area (Å²) in [6.07, 6.45) is 2.65. The van der Waals surface area contributed by atoms with Gasteiger partial charge in [-0.05, 0) is 37.5 Å². The monoisotopic (exact) mass is 515 g/mol. The molecule has 0 aliphatic carbocycles. The number of carbonyl (C=O) groups excluding carboxylic acids is 1. The Morgan fingerprint density at radius 3 is 2.55 bits per heavy atom. The number of anilines is 1. The number of hydrogen-bond acceptors (Lipinski definition) is 4. The van der Waals surface area contributed by atoms with Crippen molar-refractivity contribution in [3.05, 3.63) is 29.8 Å². The maximum Gasteiger partial charge on any atom is 0.222 e. The lowest BCUT2D eigenvalue weighted by molar-refractivity contribution is -0.127. The Bertz CT molecular complexity index is 647. The van der Waals surface area contributed by atoms with Gasteiger partial charge in [0.2, 0.25) is 5.91 Å². The van der Waals surface area contributed by atoms with Crippen molar-refractivity contribution in [1.29, 1.82) is 0 Å². The van der Waals surface area contributed by atoms with E-state index in [1.807, 2.05) is 4.90 Å². The molecule has 0 unspecified atom stereocenters. The summed E-state index contributed by atoms with van der Waals surface area (Å²) in [6, 6.07) is 8.64. The molecular formula is C21H34IN5O2. The molecule has 1 aromatic carbocycles. The minimum absolute atomic E-state index is 0. The van der Waals surface area contributed by atoms with Crippen LogP contribution in [0.25, 0.3) is 0 Å². The fourth-order valence-corrected chi connectivity index (χ4v) is 3.56. The zero-order valence-corrected chi connectivity index (χ0v) is 19.7. The van der Waals surface area contributed by atoms with E-state index in [9.17, 15) is 4.79 Å². The number of ether oxygens (including phenoxy) is 1. The minimum Gasteiger partial charge on any atom is -0.378 e. The van der Waals surface area contributed by atoms with Gasteiger partial charge < -0.3 is 25.2 Å². The summed E-state index contributed by atoms with van der Waals surface area (Å²) in [6.45, 7) is 9.59. The van der Waals surface area contributed by atoms with Crippen LogP contribution in [-0.2, 0) is 16.1 Å². The molecule has 29 heavy (non-hydrogen) atoms. The molecule has 8 heteroatoms. The van der Waals surface area contributed by atoms with Crippen LogP contribution in [-0.4, -0.2) is 69.2 Å². The van der Waals surface area contributed by atoms with Crippen LogP contribution in [0.15, 0.2) is 29.3 Å². The van der Waals surface area contributed by atoms with Crippen molar-refractivity contribution in [3.63, 3.8) is 0 Å². The highest BCUT2D eigenvalue weighted by Gasteiger charge is 2.18. The molecule has 7 nitrogen and oxygen atoms in total. The van der Waals surface area contributed by atoms with Crippen LogP contribution in [0.2, 0.25) is 0 Å². The highest BCUT2D eigenvalue weighted by atomic mass is 127. The largest absolute Gasteiger partial charge is 0.378 e. The highest BCUT2D eigenvalue weighted by molar-refractivity contribution is 14.0. The average Bonchev–Trinajstić information content (AvgIpc) is 3.15. The molecule has 2 aliphatic heterocycles. The number of aliphatic imine (C=N–C) groups is 1. The molecule has 0 spiro atoms. The number of guanidine groups is 1. The van der Waals surface area contributed by atoms with Crippen molar-refractivity contribution in [3.8, 4) is 0 Å². The van der Waals surface area contributed by atoms with Crippen molar-refractivity contribution >= 4 is 41.5 Å². The lowest BCUT2D eigenvalue weighted by Gasteiger charge is -2.28. The predicted octanol–water partition coefficient (Wildman–Crippen LogP) is 2.21. The molecule has 2 fully saturated rings. The van der Waals surface area contributed by atoms with Crippen LogP contribution in [0.5, 0.6) is 0 Å². The zero-order chi connectivity index (χ0) is 19.6. The van der Waals surface area contributed by atoms with Gasteiger partial charge in [0.15, 0.2) is 5.96 Å². The second-order valence-corrected chi connectivity index (χ2v) is 7.23. The average molecular weight is 515 g/mol. The summed E-state index contributed by atoms with van der Waals surface area (Å²) in [4.78, 5) is 20.7. The Labute approximate surface area is 191 Å². The van der Waals surface area contributed by atoms with Crippen LogP contribution in [0.1, 0.15) is 31.7 Å². The standard InChI is InChI=1S/C21H33N5O2.HI/c1-2-22-21(23-10-4-12-26-11-3-5-20(26)27)24-17-18-6-8-19(9-7-18)25-13-15-28-16-14-25;/h6-9H,2-5,10-17H2,1H3,(H2,22,23,24);1H. The van der Waals surface area contributed by atoms with Gasteiger partial charge in [-0.25, -0.2) is 4.99 Å². The Morgan fingerprint density at radius 1 is 1.14 bits per heavy atom. The van der Waals surface area contributed by atoms with Gasteiger partial charge in [-0.3, -0.25) is 4.79 Å². The number of hydrogen-bond donors (Lipinski definition) is 2. The number of amides is 1. The first-order chi connectivity index (χ1) is 13.8. The second kappa shape index (κ2) is 12.9. The van der Waals surface area contributed by atoms with Crippen molar-refractivity contribution in [1.82, 2.24) is 15.5 Å². The minimum atomic E-state index is 0. The molecular weight excluding hydrogens is 481 g/mol. The topological polar surface area (TPSA) is 69.2 Å². The summed E-state index contributed by atoms with van der Waals surface area (Å²) in [5, 5.41) is 6.66. The van der Waals surface area contributed by atoms with Gasteiger partial charge in [0.05, 0.1) is 19.8 Å². The number of halogens is 1. The van der Waals surface area contributed by atoms with E-state index in [2.05, 4.69) is 46.7 Å². The van der Waals surface area contributed by atoms with Gasteiger partial charge in [-0.2, -0.15) is 0 Å². The van der Waals surface area contributed by atoms with Crippen molar-refractivity contribution in [2.45, 2.75) is 32.7 Å². The van der Waals surface area contributed by atoms with Crippen LogP contribution in [0, 0.1) is 0 Å². The molecule has 2 aliphatic rings. The van der Waals surface area contributed by atoms with E-state index in [1.165, 1.54) is 11.3 Å². The predicted molar refractivity (Wildman–Crippen MR) is 128 cm³/mol. The molecule has 1 amide bonds. The van der Waals surface area contributed by atoms with E-state index in [1.54, 1.807) is 0 Å². The molecule has 2 heterocycles. The lowest BCUT2D eigenvalue weighted by atomic mass is 10.2. The maximum absolute atomic E-state index is 11.6. The van der Waals surface area contributed by atoms with E-state index in [0.29, 0.717) is 18.9 Å². The first-order valence-corrected chi connectivity index (χ1v) is 10.5. The molecule has 2 N–H and O–H groups in total. The van der Waals surface area contributed by atoms with Crippen LogP contribution in [0.4, 0.5) is 5.69 Å². The van der Waals surface area contributed by atoms with E-state index < -0.39 is 0 Å². The van der Waals surface area contributed by atoms with Gasteiger partial charge >= 0.3 is 0 Å². The Kier molecular flexibility index (Phi) is 10.5. The second-order valence-electron chi connectivity index (χ2n) is 7.23. The quantitative estimate of drug-likeness (QED) is 0.241. The van der Waals surface area contributed by atoms with Gasteiger partial charge in [-0.15, -0.1) is 24.0 Å². The summed E-state index contributed by atoms with van der Waals surface area (Å²) >= 11 is 0. The number of benzene rings is 1. The van der Waals surface area contributed by atoms with Crippen LogP contribution >= 0.6 is 24.0 Å². The van der Waals surface area contributed by atoms with Crippen molar-refractivity contribution in [2.75, 3.05) is 57.4 Å². The number of nitrogens with one attached hydrogen (secondary N) is 2. The first-order valence-electron chi connectivity index (χ1n) is 10.5. The molecule has 0 atom stereocenters. The fourth-order valence-electron chi connectivity index (χ4n) is 3.56. The summed E-state index contributed by atoms with van der Waals surface area (Å²) < 4.78 is 5.41. The smallest absolute Gasteiger partial charge is 0.222 e. The maximum atomic E-state index is 11.6. The summed E-state index contributed by atoms with van der Waals surface area (Å²) in [5.41, 5.74) is 2.44. The van der Waals surface area contributed by atoms with Crippen molar-refractivity contribution in [2.24, 2.45) is 4.99 Å². The molecule has 0 aromatic heterocycles. The van der Waals surface area contributed by atoms with E-state index in [4.69, 9.17) is 9.73 Å². The van der Waals surface area contributed by atoms with E-state index >= 15 is 0 Å². The Balaban J connectivity index is 0.00000300. The Morgan fingerprint density at radius 2 is 1.90 bits per heavy atom. The van der Waals surface area contributed by atoms with Crippen molar-refractivity contribution < 1.29 is 9.53 Å².